The van der Waals surface area contributed by atoms with E-state index in [1.807, 2.05) is 4.90 Å². The first-order valence-electron chi connectivity index (χ1n) is 8.63. The predicted octanol–water partition coefficient (Wildman–Crippen LogP) is 3.11. The molecular formula is C18H25N3O3S. The lowest BCUT2D eigenvalue weighted by atomic mass is 10.1. The molecule has 3 rings (SSSR count). The van der Waals surface area contributed by atoms with Crippen LogP contribution in [0.4, 0.5) is 4.79 Å². The van der Waals surface area contributed by atoms with E-state index in [-0.39, 0.29) is 12.1 Å². The number of amides is 2. The van der Waals surface area contributed by atoms with Crippen LogP contribution >= 0.6 is 11.3 Å². The van der Waals surface area contributed by atoms with Crippen LogP contribution in [-0.4, -0.2) is 55.4 Å². The fraction of sp³-hybridized carbons (Fsp3) is 0.556. The molecular weight excluding hydrogens is 338 g/mol. The summed E-state index contributed by atoms with van der Waals surface area (Å²) in [5, 5.41) is 3.59. The van der Waals surface area contributed by atoms with Gasteiger partial charge in [-0.2, -0.15) is 0 Å². The highest BCUT2D eigenvalue weighted by molar-refractivity contribution is 7.20. The molecule has 25 heavy (non-hydrogen) atoms. The number of nitrogens with one attached hydrogen (secondary N) is 1. The number of aromatic nitrogens is 1. The molecule has 0 atom stereocenters. The van der Waals surface area contributed by atoms with Gasteiger partial charge in [-0.1, -0.05) is 23.5 Å². The maximum Gasteiger partial charge on any atom is 0.317 e. The Morgan fingerprint density at radius 2 is 2.04 bits per heavy atom. The van der Waals surface area contributed by atoms with Crippen LogP contribution in [0.2, 0.25) is 0 Å². The van der Waals surface area contributed by atoms with Crippen molar-refractivity contribution < 1.29 is 14.3 Å². The van der Waals surface area contributed by atoms with Crippen LogP contribution in [0, 0.1) is 13.8 Å². The minimum Gasteiger partial charge on any atom is -0.467 e. The highest BCUT2D eigenvalue weighted by Gasteiger charge is 2.24. The molecule has 0 aliphatic carbocycles. The number of hydrogen-bond acceptors (Lipinski definition) is 5. The summed E-state index contributed by atoms with van der Waals surface area (Å²) in [5.41, 5.74) is 3.44. The molecule has 0 saturated carbocycles. The van der Waals surface area contributed by atoms with Crippen molar-refractivity contribution in [3.63, 3.8) is 0 Å². The van der Waals surface area contributed by atoms with Gasteiger partial charge in [-0.25, -0.2) is 9.78 Å². The van der Waals surface area contributed by atoms with Crippen molar-refractivity contribution in [1.29, 1.82) is 0 Å². The topological polar surface area (TPSA) is 63.7 Å². The molecule has 2 amide bonds. The smallest absolute Gasteiger partial charge is 0.317 e. The Bertz CT molecular complexity index is 699. The van der Waals surface area contributed by atoms with Gasteiger partial charge < -0.3 is 19.7 Å². The number of fused-ring (bicyclic) bond motifs is 1. The van der Waals surface area contributed by atoms with Gasteiger partial charge >= 0.3 is 6.03 Å². The number of carbonyl (C=O) groups excluding carboxylic acids is 1. The first kappa shape index (κ1) is 17.9. The van der Waals surface area contributed by atoms with Gasteiger partial charge in [0.05, 0.1) is 16.8 Å². The van der Waals surface area contributed by atoms with E-state index in [4.69, 9.17) is 9.47 Å². The Kier molecular flexibility index (Phi) is 5.75. The molecule has 136 valence electrons. The van der Waals surface area contributed by atoms with Crippen LogP contribution in [0.1, 0.15) is 24.0 Å². The van der Waals surface area contributed by atoms with Crippen LogP contribution in [0.25, 0.3) is 10.2 Å². The lowest BCUT2D eigenvalue weighted by molar-refractivity contribution is 0.109. The van der Waals surface area contributed by atoms with Gasteiger partial charge in [-0.05, 0) is 25.0 Å². The molecule has 2 heterocycles. The highest BCUT2D eigenvalue weighted by Crippen LogP contribution is 2.33. The third kappa shape index (κ3) is 4.22. The molecule has 1 aliphatic heterocycles. The number of ether oxygens (including phenoxy) is 2. The van der Waals surface area contributed by atoms with Gasteiger partial charge in [-0.3, -0.25) is 0 Å². The number of methoxy groups -OCH3 is 1. The summed E-state index contributed by atoms with van der Waals surface area (Å²) in [6, 6.07) is 4.20. The summed E-state index contributed by atoms with van der Waals surface area (Å²) in [6.45, 7) is 6.65. The van der Waals surface area contributed by atoms with E-state index >= 15 is 0 Å². The first-order valence-corrected chi connectivity index (χ1v) is 9.45. The molecule has 7 heteroatoms. The van der Waals surface area contributed by atoms with Crippen molar-refractivity contribution in [2.45, 2.75) is 32.8 Å². The summed E-state index contributed by atoms with van der Waals surface area (Å²) < 4.78 is 12.3. The summed E-state index contributed by atoms with van der Waals surface area (Å²) >= 11 is 1.61. The third-order valence-electron chi connectivity index (χ3n) is 4.50. The van der Waals surface area contributed by atoms with E-state index < -0.39 is 0 Å². The predicted molar refractivity (Wildman–Crippen MR) is 99.6 cm³/mol. The van der Waals surface area contributed by atoms with Crippen LogP contribution in [-0.2, 0) is 4.74 Å². The molecule has 0 unspecified atom stereocenters. The van der Waals surface area contributed by atoms with Gasteiger partial charge in [0.1, 0.15) is 6.10 Å². The third-order valence-corrected chi connectivity index (χ3v) is 5.58. The van der Waals surface area contributed by atoms with E-state index in [9.17, 15) is 4.79 Å². The van der Waals surface area contributed by atoms with E-state index in [2.05, 4.69) is 36.3 Å². The standard InChI is InChI=1S/C18H25N3O3S/c1-12-4-5-13(2)16-15(12)20-18(25-16)24-14-6-9-21(10-7-14)17(22)19-8-11-23-3/h4-5,14H,6-11H2,1-3H3,(H,19,22). The second-order valence-corrected chi connectivity index (χ2v) is 7.35. The molecule has 1 fully saturated rings. The largest absolute Gasteiger partial charge is 0.467 e. The fourth-order valence-corrected chi connectivity index (χ4v) is 4.01. The summed E-state index contributed by atoms with van der Waals surface area (Å²) in [7, 11) is 1.63. The lowest BCUT2D eigenvalue weighted by Gasteiger charge is -2.31. The normalized spacial score (nSPS) is 15.6. The van der Waals surface area contributed by atoms with Crippen molar-refractivity contribution in [2.24, 2.45) is 0 Å². The van der Waals surface area contributed by atoms with Gasteiger partial charge in [0.15, 0.2) is 0 Å². The molecule has 1 aliphatic rings. The molecule has 1 saturated heterocycles. The van der Waals surface area contributed by atoms with E-state index in [0.717, 1.165) is 23.6 Å². The Balaban J connectivity index is 1.55. The SMILES string of the molecule is COCCNC(=O)N1CCC(Oc2nc3c(C)ccc(C)c3s2)CC1. The van der Waals surface area contributed by atoms with Crippen LogP contribution in [0.3, 0.4) is 0 Å². The van der Waals surface area contributed by atoms with Gasteiger partial charge in [0.25, 0.3) is 5.19 Å². The number of piperidine rings is 1. The minimum atomic E-state index is -0.0262. The van der Waals surface area contributed by atoms with E-state index in [1.54, 1.807) is 18.4 Å². The van der Waals surface area contributed by atoms with Gasteiger partial charge in [0, 0.05) is 39.6 Å². The zero-order chi connectivity index (χ0) is 17.8. The number of carbonyl (C=O) groups is 1. The average molecular weight is 363 g/mol. The molecule has 0 bridgehead atoms. The van der Waals surface area contributed by atoms with Crippen LogP contribution in [0.5, 0.6) is 5.19 Å². The first-order chi connectivity index (χ1) is 12.1. The number of hydrogen-bond donors (Lipinski definition) is 1. The molecule has 0 radical (unpaired) electrons. The number of thiazole rings is 1. The summed E-state index contributed by atoms with van der Waals surface area (Å²) in [5.74, 6) is 0. The van der Waals surface area contributed by atoms with E-state index in [1.165, 1.54) is 15.8 Å². The maximum atomic E-state index is 12.0. The zero-order valence-electron chi connectivity index (χ0n) is 15.0. The maximum absolute atomic E-state index is 12.0. The highest BCUT2D eigenvalue weighted by atomic mass is 32.1. The quantitative estimate of drug-likeness (QED) is 0.829. The fourth-order valence-electron chi connectivity index (χ4n) is 2.98. The Morgan fingerprint density at radius 1 is 1.32 bits per heavy atom. The van der Waals surface area contributed by atoms with Crippen molar-refractivity contribution in [2.75, 3.05) is 33.4 Å². The molecule has 1 N–H and O–H groups in total. The van der Waals surface area contributed by atoms with Crippen molar-refractivity contribution >= 4 is 27.6 Å². The second-order valence-electron chi connectivity index (χ2n) is 6.39. The van der Waals surface area contributed by atoms with Crippen molar-refractivity contribution in [3.8, 4) is 5.19 Å². The Labute approximate surface area is 152 Å². The molecule has 0 spiro atoms. The zero-order valence-corrected chi connectivity index (χ0v) is 15.8. The Hall–Kier alpha value is -1.86. The molecule has 6 nitrogen and oxygen atoms in total. The molecule has 1 aromatic carbocycles. The van der Waals surface area contributed by atoms with Crippen LogP contribution in [0.15, 0.2) is 12.1 Å². The molecule has 1 aromatic heterocycles. The monoisotopic (exact) mass is 363 g/mol. The number of nitrogens with zero attached hydrogens (tertiary/aromatic N) is 2. The number of aryl methyl sites for hydroxylation is 2. The van der Waals surface area contributed by atoms with Crippen molar-refractivity contribution in [1.82, 2.24) is 15.2 Å². The van der Waals surface area contributed by atoms with Crippen LogP contribution < -0.4 is 10.1 Å². The number of likely N-dealkylation sites (tertiary alicyclic amines) is 1. The number of rotatable bonds is 5. The minimum absolute atomic E-state index is 0.0262. The lowest BCUT2D eigenvalue weighted by Crippen LogP contribution is -2.47. The number of urea groups is 1. The van der Waals surface area contributed by atoms with Gasteiger partial charge in [0.2, 0.25) is 0 Å². The summed E-state index contributed by atoms with van der Waals surface area (Å²) in [4.78, 5) is 18.5. The van der Waals surface area contributed by atoms with E-state index in [0.29, 0.717) is 26.2 Å². The Morgan fingerprint density at radius 3 is 2.72 bits per heavy atom. The van der Waals surface area contributed by atoms with Crippen molar-refractivity contribution in [3.05, 3.63) is 23.3 Å². The van der Waals surface area contributed by atoms with Gasteiger partial charge in [-0.15, -0.1) is 0 Å². The second kappa shape index (κ2) is 8.01. The molecule has 2 aromatic rings. The average Bonchev–Trinajstić information content (AvgIpc) is 3.04. The summed E-state index contributed by atoms with van der Waals surface area (Å²) in [6.07, 6.45) is 1.76. The number of benzene rings is 1.